The first kappa shape index (κ1) is 11.3. The van der Waals surface area contributed by atoms with E-state index in [1.165, 1.54) is 0 Å². The number of hydrogen-bond acceptors (Lipinski definition) is 4. The van der Waals surface area contributed by atoms with Gasteiger partial charge in [0.2, 0.25) is 0 Å². The Morgan fingerprint density at radius 3 is 2.53 bits per heavy atom. The summed E-state index contributed by atoms with van der Waals surface area (Å²) in [6.45, 7) is 4.03. The molecule has 2 atom stereocenters. The van der Waals surface area contributed by atoms with Crippen molar-refractivity contribution in [1.82, 2.24) is 0 Å². The summed E-state index contributed by atoms with van der Waals surface area (Å²) in [6.07, 6.45) is 3.00. The van der Waals surface area contributed by atoms with Crippen LogP contribution in [-0.2, 0) is 14.2 Å². The normalized spacial score (nSPS) is 34.0. The molecule has 1 aliphatic carbocycles. The van der Waals surface area contributed by atoms with Crippen molar-refractivity contribution in [2.45, 2.75) is 32.0 Å². The van der Waals surface area contributed by atoms with E-state index < -0.39 is 0 Å². The molecule has 4 heteroatoms. The fourth-order valence-corrected chi connectivity index (χ4v) is 2.83. The van der Waals surface area contributed by atoms with E-state index in [0.717, 1.165) is 19.3 Å². The summed E-state index contributed by atoms with van der Waals surface area (Å²) < 4.78 is 16.5. The van der Waals surface area contributed by atoms with Gasteiger partial charge in [-0.2, -0.15) is 0 Å². The molecule has 1 N–H and O–H groups in total. The van der Waals surface area contributed by atoms with Crippen LogP contribution in [0.5, 0.6) is 0 Å². The van der Waals surface area contributed by atoms with E-state index in [1.54, 1.807) is 0 Å². The van der Waals surface area contributed by atoms with Crippen molar-refractivity contribution in [3.63, 3.8) is 0 Å². The third-order valence-electron chi connectivity index (χ3n) is 3.57. The van der Waals surface area contributed by atoms with E-state index in [-0.39, 0.29) is 12.6 Å². The van der Waals surface area contributed by atoms with Gasteiger partial charge in [-0.1, -0.05) is 13.3 Å². The van der Waals surface area contributed by atoms with Crippen molar-refractivity contribution in [3.8, 4) is 0 Å². The number of aliphatic hydroxyl groups excluding tert-OH is 1. The number of aliphatic hydroxyl groups is 1. The van der Waals surface area contributed by atoms with Gasteiger partial charge >= 0.3 is 0 Å². The molecule has 2 aliphatic rings. The average Bonchev–Trinajstić information content (AvgIpc) is 2.84. The lowest BCUT2D eigenvalue weighted by Crippen LogP contribution is -2.26. The highest BCUT2D eigenvalue weighted by Gasteiger charge is 2.48. The van der Waals surface area contributed by atoms with Gasteiger partial charge in [-0.3, -0.25) is 0 Å². The van der Waals surface area contributed by atoms with E-state index in [1.807, 2.05) is 0 Å². The van der Waals surface area contributed by atoms with Crippen LogP contribution in [0, 0.1) is 11.8 Å². The van der Waals surface area contributed by atoms with Gasteiger partial charge in [-0.15, -0.1) is 0 Å². The molecule has 2 rings (SSSR count). The van der Waals surface area contributed by atoms with Gasteiger partial charge in [0.05, 0.1) is 19.8 Å². The van der Waals surface area contributed by atoms with E-state index in [9.17, 15) is 0 Å². The predicted molar refractivity (Wildman–Crippen MR) is 54.2 cm³/mol. The van der Waals surface area contributed by atoms with Crippen LogP contribution in [0.15, 0.2) is 0 Å². The van der Waals surface area contributed by atoms with Crippen molar-refractivity contribution in [2.24, 2.45) is 11.8 Å². The number of rotatable bonds is 4. The van der Waals surface area contributed by atoms with Gasteiger partial charge in [0.1, 0.15) is 6.79 Å². The lowest BCUT2D eigenvalue weighted by atomic mass is 9.95. The van der Waals surface area contributed by atoms with Crippen LogP contribution in [0.2, 0.25) is 0 Å². The molecule has 0 aromatic carbocycles. The van der Waals surface area contributed by atoms with E-state index in [0.29, 0.717) is 31.7 Å². The van der Waals surface area contributed by atoms with Crippen LogP contribution in [0.1, 0.15) is 26.2 Å². The minimum absolute atomic E-state index is 0.193. The van der Waals surface area contributed by atoms with Crippen LogP contribution in [-0.4, -0.2) is 37.5 Å². The standard InChI is InChI=1S/C11H20O4/c1-2-9-5-11(14-3-4-15-11)6-10(9)7-13-8-12/h9-10,12H,2-8H2,1H3. The highest BCUT2D eigenvalue weighted by molar-refractivity contribution is 4.91. The molecular weight excluding hydrogens is 196 g/mol. The van der Waals surface area contributed by atoms with Crippen molar-refractivity contribution >= 4 is 0 Å². The molecule has 1 spiro atoms. The molecule has 2 fully saturated rings. The lowest BCUT2D eigenvalue weighted by molar-refractivity contribution is -0.155. The Morgan fingerprint density at radius 1 is 1.27 bits per heavy atom. The summed E-state index contributed by atoms with van der Waals surface area (Å²) in [6, 6.07) is 0. The van der Waals surface area contributed by atoms with Gasteiger partial charge in [-0.05, 0) is 11.8 Å². The quantitative estimate of drug-likeness (QED) is 0.716. The van der Waals surface area contributed by atoms with E-state index in [2.05, 4.69) is 6.92 Å². The van der Waals surface area contributed by atoms with Crippen molar-refractivity contribution in [1.29, 1.82) is 0 Å². The molecule has 0 bridgehead atoms. The fourth-order valence-electron chi connectivity index (χ4n) is 2.83. The molecule has 1 saturated heterocycles. The zero-order chi connectivity index (χ0) is 10.7. The molecule has 0 aromatic rings. The van der Waals surface area contributed by atoms with Crippen molar-refractivity contribution < 1.29 is 19.3 Å². The first-order valence-corrected chi connectivity index (χ1v) is 5.76. The first-order chi connectivity index (χ1) is 7.29. The second-order valence-electron chi connectivity index (χ2n) is 4.44. The Balaban J connectivity index is 1.93. The molecule has 2 unspecified atom stereocenters. The first-order valence-electron chi connectivity index (χ1n) is 5.76. The maximum atomic E-state index is 8.66. The van der Waals surface area contributed by atoms with Crippen molar-refractivity contribution in [2.75, 3.05) is 26.6 Å². The highest BCUT2D eigenvalue weighted by atomic mass is 16.7. The van der Waals surface area contributed by atoms with Crippen LogP contribution in [0.3, 0.4) is 0 Å². The Morgan fingerprint density at radius 2 is 1.93 bits per heavy atom. The Bertz CT molecular complexity index is 201. The summed E-state index contributed by atoms with van der Waals surface area (Å²) in [5.41, 5.74) is 0. The van der Waals surface area contributed by atoms with Gasteiger partial charge in [0.25, 0.3) is 0 Å². The SMILES string of the molecule is CCC1CC2(CC1COCO)OCCO2. The summed E-state index contributed by atoms with van der Waals surface area (Å²) in [4.78, 5) is 0. The molecule has 4 nitrogen and oxygen atoms in total. The van der Waals surface area contributed by atoms with Crippen LogP contribution in [0.25, 0.3) is 0 Å². The zero-order valence-corrected chi connectivity index (χ0v) is 9.28. The maximum Gasteiger partial charge on any atom is 0.169 e. The predicted octanol–water partition coefficient (Wildman–Crippen LogP) is 1.13. The Kier molecular flexibility index (Phi) is 3.61. The zero-order valence-electron chi connectivity index (χ0n) is 9.28. The average molecular weight is 216 g/mol. The van der Waals surface area contributed by atoms with Gasteiger partial charge in [-0.25, -0.2) is 0 Å². The summed E-state index contributed by atoms with van der Waals surface area (Å²) in [5.74, 6) is 0.722. The molecule has 0 radical (unpaired) electrons. The van der Waals surface area contributed by atoms with E-state index in [4.69, 9.17) is 19.3 Å². The largest absolute Gasteiger partial charge is 0.371 e. The van der Waals surface area contributed by atoms with Gasteiger partial charge in [0.15, 0.2) is 5.79 Å². The number of ether oxygens (including phenoxy) is 3. The topological polar surface area (TPSA) is 47.9 Å². The summed E-state index contributed by atoms with van der Waals surface area (Å²) in [7, 11) is 0. The molecule has 0 amide bonds. The Labute approximate surface area is 90.5 Å². The fraction of sp³-hybridized carbons (Fsp3) is 1.00. The second kappa shape index (κ2) is 4.78. The van der Waals surface area contributed by atoms with Crippen molar-refractivity contribution in [3.05, 3.63) is 0 Å². The highest BCUT2D eigenvalue weighted by Crippen LogP contribution is 2.45. The Hall–Kier alpha value is -0.160. The molecule has 1 aliphatic heterocycles. The van der Waals surface area contributed by atoms with E-state index >= 15 is 0 Å². The molecule has 1 saturated carbocycles. The third kappa shape index (κ3) is 2.33. The minimum atomic E-state index is -0.329. The van der Waals surface area contributed by atoms with Gasteiger partial charge < -0.3 is 19.3 Å². The molecule has 1 heterocycles. The maximum absolute atomic E-state index is 8.66. The third-order valence-corrected chi connectivity index (χ3v) is 3.57. The second-order valence-corrected chi connectivity index (χ2v) is 4.44. The number of hydrogen-bond donors (Lipinski definition) is 1. The molecular formula is C11H20O4. The summed E-state index contributed by atoms with van der Waals surface area (Å²) >= 11 is 0. The minimum Gasteiger partial charge on any atom is -0.371 e. The van der Waals surface area contributed by atoms with Crippen LogP contribution >= 0.6 is 0 Å². The van der Waals surface area contributed by atoms with Gasteiger partial charge in [0, 0.05) is 12.8 Å². The monoisotopic (exact) mass is 216 g/mol. The molecule has 88 valence electrons. The lowest BCUT2D eigenvalue weighted by Gasteiger charge is -2.21. The molecule has 0 aromatic heterocycles. The summed E-state index contributed by atoms with van der Waals surface area (Å²) in [5, 5.41) is 8.66. The van der Waals surface area contributed by atoms with Crippen LogP contribution < -0.4 is 0 Å². The van der Waals surface area contributed by atoms with Crippen LogP contribution in [0.4, 0.5) is 0 Å². The smallest absolute Gasteiger partial charge is 0.169 e. The molecule has 15 heavy (non-hydrogen) atoms.